The van der Waals surface area contributed by atoms with Crippen LogP contribution in [0.5, 0.6) is 0 Å². The predicted molar refractivity (Wildman–Crippen MR) is 53.8 cm³/mol. The number of carbonyl (C=O) groups is 1. The van der Waals surface area contributed by atoms with Crippen LogP contribution in [0.15, 0.2) is 24.4 Å². The van der Waals surface area contributed by atoms with Gasteiger partial charge in [0.1, 0.15) is 5.78 Å². The van der Waals surface area contributed by atoms with Gasteiger partial charge in [-0.15, -0.1) is 0 Å². The van der Waals surface area contributed by atoms with Crippen molar-refractivity contribution in [3.8, 4) is 0 Å². The topological polar surface area (TPSA) is 30.0 Å². The van der Waals surface area contributed by atoms with Gasteiger partial charge in [0.2, 0.25) is 0 Å². The highest BCUT2D eigenvalue weighted by Gasteiger charge is 2.25. The lowest BCUT2D eigenvalue weighted by atomic mass is 10.0. The second-order valence-electron chi connectivity index (χ2n) is 3.20. The molecule has 13 heavy (non-hydrogen) atoms. The van der Waals surface area contributed by atoms with E-state index in [1.54, 1.807) is 18.0 Å². The minimum Gasteiger partial charge on any atom is -0.298 e. The standard InChI is InChI=1S/C10H11NOS/c12-10-7-13-6-8(10)5-9-3-1-2-4-11-9/h1-4,8H,5-7H2. The summed E-state index contributed by atoms with van der Waals surface area (Å²) in [6, 6.07) is 5.85. The zero-order valence-corrected chi connectivity index (χ0v) is 8.09. The molecule has 0 aliphatic carbocycles. The summed E-state index contributed by atoms with van der Waals surface area (Å²) in [6.45, 7) is 0. The molecular formula is C10H11NOS. The molecule has 2 rings (SSSR count). The first-order chi connectivity index (χ1) is 6.36. The molecular weight excluding hydrogens is 182 g/mol. The average Bonchev–Trinajstić information content (AvgIpc) is 2.54. The molecule has 1 aliphatic rings. The number of nitrogens with zero attached hydrogens (tertiary/aromatic N) is 1. The third-order valence-corrected chi connectivity index (χ3v) is 3.33. The number of hydrogen-bond acceptors (Lipinski definition) is 3. The Morgan fingerprint density at radius 2 is 2.46 bits per heavy atom. The van der Waals surface area contributed by atoms with Crippen LogP contribution in [0.1, 0.15) is 5.69 Å². The van der Waals surface area contributed by atoms with Crippen LogP contribution in [0.2, 0.25) is 0 Å². The minimum absolute atomic E-state index is 0.208. The molecule has 0 radical (unpaired) electrons. The third kappa shape index (κ3) is 2.10. The molecule has 0 saturated carbocycles. The summed E-state index contributed by atoms with van der Waals surface area (Å²) in [5.74, 6) is 2.25. The Morgan fingerprint density at radius 3 is 3.08 bits per heavy atom. The van der Waals surface area contributed by atoms with Crippen LogP contribution < -0.4 is 0 Å². The van der Waals surface area contributed by atoms with E-state index in [1.807, 2.05) is 18.2 Å². The van der Waals surface area contributed by atoms with Crippen LogP contribution in [0, 0.1) is 5.92 Å². The van der Waals surface area contributed by atoms with Crippen molar-refractivity contribution < 1.29 is 4.79 Å². The Kier molecular flexibility index (Phi) is 2.64. The summed E-state index contributed by atoms with van der Waals surface area (Å²) in [4.78, 5) is 15.5. The first-order valence-corrected chi connectivity index (χ1v) is 5.52. The van der Waals surface area contributed by atoms with Gasteiger partial charge in [-0.05, 0) is 12.1 Å². The fraction of sp³-hybridized carbons (Fsp3) is 0.400. The molecule has 1 aliphatic heterocycles. The number of Topliss-reactive ketones (excluding diaryl/α,β-unsaturated/α-hetero) is 1. The van der Waals surface area contributed by atoms with Crippen LogP contribution in [-0.2, 0) is 11.2 Å². The first kappa shape index (κ1) is 8.75. The minimum atomic E-state index is 0.208. The second-order valence-corrected chi connectivity index (χ2v) is 4.23. The highest BCUT2D eigenvalue weighted by atomic mass is 32.2. The highest BCUT2D eigenvalue weighted by Crippen LogP contribution is 2.22. The maximum Gasteiger partial charge on any atom is 0.147 e. The summed E-state index contributed by atoms with van der Waals surface area (Å²) in [7, 11) is 0. The number of ketones is 1. The van der Waals surface area contributed by atoms with Crippen LogP contribution in [0.25, 0.3) is 0 Å². The van der Waals surface area contributed by atoms with Gasteiger partial charge in [0.25, 0.3) is 0 Å². The Morgan fingerprint density at radius 1 is 1.54 bits per heavy atom. The molecule has 1 unspecified atom stereocenters. The van der Waals surface area contributed by atoms with Crippen molar-refractivity contribution >= 4 is 17.5 Å². The predicted octanol–water partition coefficient (Wildman–Crippen LogP) is 1.56. The van der Waals surface area contributed by atoms with E-state index in [4.69, 9.17) is 0 Å². The maximum atomic E-state index is 11.3. The molecule has 1 aromatic heterocycles. The van der Waals surface area contributed by atoms with E-state index in [0.717, 1.165) is 17.9 Å². The van der Waals surface area contributed by atoms with Gasteiger partial charge in [0.15, 0.2) is 0 Å². The summed E-state index contributed by atoms with van der Waals surface area (Å²) >= 11 is 1.73. The van der Waals surface area contributed by atoms with Gasteiger partial charge >= 0.3 is 0 Å². The van der Waals surface area contributed by atoms with E-state index < -0.39 is 0 Å². The summed E-state index contributed by atoms with van der Waals surface area (Å²) in [5.41, 5.74) is 1.03. The lowest BCUT2D eigenvalue weighted by molar-refractivity contribution is -0.119. The number of thioether (sulfide) groups is 1. The lowest BCUT2D eigenvalue weighted by Gasteiger charge is -2.04. The van der Waals surface area contributed by atoms with Gasteiger partial charge in [-0.25, -0.2) is 0 Å². The summed E-state index contributed by atoms with van der Waals surface area (Å²) < 4.78 is 0. The largest absolute Gasteiger partial charge is 0.298 e. The first-order valence-electron chi connectivity index (χ1n) is 4.36. The third-order valence-electron chi connectivity index (χ3n) is 2.20. The molecule has 3 heteroatoms. The van der Waals surface area contributed by atoms with Crippen molar-refractivity contribution in [3.63, 3.8) is 0 Å². The number of rotatable bonds is 2. The van der Waals surface area contributed by atoms with Gasteiger partial charge < -0.3 is 0 Å². The SMILES string of the molecule is O=C1CSCC1Cc1ccccn1. The van der Waals surface area contributed by atoms with Gasteiger partial charge in [-0.1, -0.05) is 6.07 Å². The summed E-state index contributed by atoms with van der Waals surface area (Å²) in [5, 5.41) is 0. The number of carbonyl (C=O) groups excluding carboxylic acids is 1. The van der Waals surface area contributed by atoms with Gasteiger partial charge in [-0.2, -0.15) is 11.8 Å². The Hall–Kier alpha value is -0.830. The van der Waals surface area contributed by atoms with Gasteiger partial charge in [0.05, 0.1) is 5.75 Å². The smallest absolute Gasteiger partial charge is 0.147 e. The van der Waals surface area contributed by atoms with Crippen molar-refractivity contribution in [2.75, 3.05) is 11.5 Å². The van der Waals surface area contributed by atoms with E-state index in [0.29, 0.717) is 11.5 Å². The molecule has 0 amide bonds. The van der Waals surface area contributed by atoms with Crippen LogP contribution in [0.4, 0.5) is 0 Å². The number of aromatic nitrogens is 1. The van der Waals surface area contributed by atoms with Crippen molar-refractivity contribution in [1.29, 1.82) is 0 Å². The van der Waals surface area contributed by atoms with E-state index in [1.165, 1.54) is 0 Å². The van der Waals surface area contributed by atoms with Crippen LogP contribution in [-0.4, -0.2) is 22.3 Å². The molecule has 68 valence electrons. The quantitative estimate of drug-likeness (QED) is 0.714. The molecule has 0 spiro atoms. The molecule has 2 heterocycles. The Balaban J connectivity index is 2.02. The zero-order valence-electron chi connectivity index (χ0n) is 7.27. The molecule has 1 aromatic rings. The number of pyridine rings is 1. The van der Waals surface area contributed by atoms with Crippen molar-refractivity contribution in [3.05, 3.63) is 30.1 Å². The molecule has 0 N–H and O–H groups in total. The van der Waals surface area contributed by atoms with E-state index in [9.17, 15) is 4.79 Å². The molecule has 1 fully saturated rings. The summed E-state index contributed by atoms with van der Waals surface area (Å²) in [6.07, 6.45) is 2.59. The normalized spacial score (nSPS) is 22.2. The fourth-order valence-corrected chi connectivity index (χ4v) is 2.60. The van der Waals surface area contributed by atoms with Gasteiger partial charge in [0, 0.05) is 30.0 Å². The Bertz CT molecular complexity index is 299. The van der Waals surface area contributed by atoms with Crippen molar-refractivity contribution in [1.82, 2.24) is 4.98 Å². The van der Waals surface area contributed by atoms with E-state index >= 15 is 0 Å². The monoisotopic (exact) mass is 193 g/mol. The van der Waals surface area contributed by atoms with Crippen molar-refractivity contribution in [2.45, 2.75) is 6.42 Å². The second kappa shape index (κ2) is 3.92. The molecule has 0 aromatic carbocycles. The highest BCUT2D eigenvalue weighted by molar-refractivity contribution is 8.00. The van der Waals surface area contributed by atoms with E-state index in [-0.39, 0.29) is 5.92 Å². The molecule has 1 atom stereocenters. The van der Waals surface area contributed by atoms with Crippen LogP contribution >= 0.6 is 11.8 Å². The Labute approximate surface area is 81.8 Å². The zero-order chi connectivity index (χ0) is 9.10. The average molecular weight is 193 g/mol. The van der Waals surface area contributed by atoms with E-state index in [2.05, 4.69) is 4.98 Å². The molecule has 2 nitrogen and oxygen atoms in total. The maximum absolute atomic E-state index is 11.3. The number of hydrogen-bond donors (Lipinski definition) is 0. The van der Waals surface area contributed by atoms with Gasteiger partial charge in [-0.3, -0.25) is 9.78 Å². The molecule has 0 bridgehead atoms. The van der Waals surface area contributed by atoms with Crippen LogP contribution in [0.3, 0.4) is 0 Å². The lowest BCUT2D eigenvalue weighted by Crippen LogP contribution is -2.14. The van der Waals surface area contributed by atoms with Crippen molar-refractivity contribution in [2.24, 2.45) is 5.92 Å². The molecule has 1 saturated heterocycles. The fourth-order valence-electron chi connectivity index (χ4n) is 1.46.